The van der Waals surface area contributed by atoms with Crippen molar-refractivity contribution in [1.29, 1.82) is 0 Å². The molecule has 0 unspecified atom stereocenters. The zero-order valence-electron chi connectivity index (χ0n) is 11.6. The zero-order valence-corrected chi connectivity index (χ0v) is 11.6. The Kier molecular flexibility index (Phi) is 3.64. The Bertz CT molecular complexity index is 693. The summed E-state index contributed by atoms with van der Waals surface area (Å²) >= 11 is 0. The number of nitrogens with one attached hydrogen (secondary N) is 1. The van der Waals surface area contributed by atoms with Gasteiger partial charge >= 0.3 is 6.18 Å². The fourth-order valence-electron chi connectivity index (χ4n) is 2.68. The first-order valence-corrected chi connectivity index (χ1v) is 6.93. The van der Waals surface area contributed by atoms with E-state index in [1.54, 1.807) is 6.20 Å². The van der Waals surface area contributed by atoms with Gasteiger partial charge in [0.15, 0.2) is 0 Å². The highest BCUT2D eigenvalue weighted by molar-refractivity contribution is 5.96. The minimum absolute atomic E-state index is 0.182. The molecule has 1 aliphatic rings. The summed E-state index contributed by atoms with van der Waals surface area (Å²) in [6.45, 7) is 0.647. The van der Waals surface area contributed by atoms with E-state index in [9.17, 15) is 18.0 Å². The van der Waals surface area contributed by atoms with Gasteiger partial charge in [-0.1, -0.05) is 12.1 Å². The van der Waals surface area contributed by atoms with Crippen LogP contribution < -0.4 is 5.32 Å². The van der Waals surface area contributed by atoms with Crippen LogP contribution >= 0.6 is 0 Å². The van der Waals surface area contributed by atoms with Crippen LogP contribution in [0.5, 0.6) is 0 Å². The lowest BCUT2D eigenvalue weighted by atomic mass is 10.0. The fraction of sp³-hybridized carbons (Fsp3) is 0.333. The van der Waals surface area contributed by atoms with E-state index in [-0.39, 0.29) is 11.6 Å². The second-order valence-electron chi connectivity index (χ2n) is 5.25. The van der Waals surface area contributed by atoms with Crippen LogP contribution in [0.3, 0.4) is 0 Å². The van der Waals surface area contributed by atoms with Crippen molar-refractivity contribution < 1.29 is 18.0 Å². The SMILES string of the molecule is O=C(N[C@@H]1CCn2nccc2C1)c1ccccc1C(F)(F)F. The molecular weight excluding hydrogens is 295 g/mol. The predicted octanol–water partition coefficient (Wildman–Crippen LogP) is 2.65. The number of halogens is 3. The Hall–Kier alpha value is -2.31. The highest BCUT2D eigenvalue weighted by atomic mass is 19.4. The maximum Gasteiger partial charge on any atom is 0.417 e. The second kappa shape index (κ2) is 5.47. The number of rotatable bonds is 2. The molecule has 0 aliphatic carbocycles. The molecule has 7 heteroatoms. The topological polar surface area (TPSA) is 46.9 Å². The Morgan fingerprint density at radius 1 is 1.27 bits per heavy atom. The van der Waals surface area contributed by atoms with Crippen LogP contribution in [0.1, 0.15) is 28.0 Å². The molecule has 0 radical (unpaired) electrons. The summed E-state index contributed by atoms with van der Waals surface area (Å²) in [6.07, 6.45) is -1.65. The predicted molar refractivity (Wildman–Crippen MR) is 73.2 cm³/mol. The van der Waals surface area contributed by atoms with E-state index in [4.69, 9.17) is 0 Å². The van der Waals surface area contributed by atoms with Crippen molar-refractivity contribution in [2.24, 2.45) is 0 Å². The summed E-state index contributed by atoms with van der Waals surface area (Å²) in [5.74, 6) is -0.689. The maximum atomic E-state index is 13.0. The Labute approximate surface area is 124 Å². The molecule has 22 heavy (non-hydrogen) atoms. The molecule has 1 N–H and O–H groups in total. The highest BCUT2D eigenvalue weighted by Gasteiger charge is 2.35. The van der Waals surface area contributed by atoms with Crippen molar-refractivity contribution in [2.45, 2.75) is 31.6 Å². The monoisotopic (exact) mass is 309 g/mol. The molecule has 0 saturated carbocycles. The molecule has 0 bridgehead atoms. The number of amides is 1. The first kappa shape index (κ1) is 14.6. The van der Waals surface area contributed by atoms with Crippen molar-refractivity contribution in [3.63, 3.8) is 0 Å². The van der Waals surface area contributed by atoms with E-state index in [2.05, 4.69) is 10.4 Å². The summed E-state index contributed by atoms with van der Waals surface area (Å²) in [6, 6.07) is 6.50. The molecule has 0 fully saturated rings. The van der Waals surface area contributed by atoms with Crippen LogP contribution in [0.25, 0.3) is 0 Å². The lowest BCUT2D eigenvalue weighted by Gasteiger charge is -2.24. The Morgan fingerprint density at radius 3 is 2.82 bits per heavy atom. The molecule has 3 rings (SSSR count). The number of aryl methyl sites for hydroxylation is 1. The highest BCUT2D eigenvalue weighted by Crippen LogP contribution is 2.31. The molecule has 0 spiro atoms. The Balaban J connectivity index is 1.76. The van der Waals surface area contributed by atoms with Gasteiger partial charge < -0.3 is 5.32 Å². The maximum absolute atomic E-state index is 13.0. The van der Waals surface area contributed by atoms with E-state index < -0.39 is 17.6 Å². The summed E-state index contributed by atoms with van der Waals surface area (Å²) < 4.78 is 40.7. The van der Waals surface area contributed by atoms with E-state index >= 15 is 0 Å². The van der Waals surface area contributed by atoms with Gasteiger partial charge in [0.2, 0.25) is 0 Å². The van der Waals surface area contributed by atoms with Crippen LogP contribution in [0, 0.1) is 0 Å². The lowest BCUT2D eigenvalue weighted by molar-refractivity contribution is -0.137. The van der Waals surface area contributed by atoms with E-state index in [0.29, 0.717) is 19.4 Å². The van der Waals surface area contributed by atoms with Crippen molar-refractivity contribution in [3.8, 4) is 0 Å². The van der Waals surface area contributed by atoms with Crippen LogP contribution in [0.4, 0.5) is 13.2 Å². The summed E-state index contributed by atoms with van der Waals surface area (Å²) in [7, 11) is 0. The third-order valence-electron chi connectivity index (χ3n) is 3.76. The fourth-order valence-corrected chi connectivity index (χ4v) is 2.68. The standard InChI is InChI=1S/C15H14F3N3O/c16-15(17,18)13-4-2-1-3-12(13)14(22)20-10-6-8-21-11(9-10)5-7-19-21/h1-5,7,10H,6,8-9H2,(H,20,22)/t10-/m1/s1. The summed E-state index contributed by atoms with van der Waals surface area (Å²) in [5, 5.41) is 6.83. The van der Waals surface area contributed by atoms with E-state index in [1.807, 2.05) is 10.7 Å². The summed E-state index contributed by atoms with van der Waals surface area (Å²) in [4.78, 5) is 12.2. The Morgan fingerprint density at radius 2 is 2.05 bits per heavy atom. The number of aromatic nitrogens is 2. The molecule has 1 aromatic carbocycles. The zero-order chi connectivity index (χ0) is 15.7. The number of carbonyl (C=O) groups is 1. The molecule has 2 aromatic rings. The van der Waals surface area contributed by atoms with Crippen molar-refractivity contribution in [1.82, 2.24) is 15.1 Å². The molecular formula is C15H14F3N3O. The normalized spacial score (nSPS) is 17.9. The van der Waals surface area contributed by atoms with Gasteiger partial charge in [-0.25, -0.2) is 0 Å². The van der Waals surface area contributed by atoms with Crippen molar-refractivity contribution >= 4 is 5.91 Å². The number of carbonyl (C=O) groups excluding carboxylic acids is 1. The van der Waals surface area contributed by atoms with E-state index in [1.165, 1.54) is 18.2 Å². The van der Waals surface area contributed by atoms with Gasteiger partial charge in [0, 0.05) is 30.9 Å². The second-order valence-corrected chi connectivity index (χ2v) is 5.25. The quantitative estimate of drug-likeness (QED) is 0.927. The average molecular weight is 309 g/mol. The minimum Gasteiger partial charge on any atom is -0.349 e. The van der Waals surface area contributed by atoms with Gasteiger partial charge in [-0.3, -0.25) is 9.48 Å². The number of nitrogens with zero attached hydrogens (tertiary/aromatic N) is 2. The van der Waals surface area contributed by atoms with Gasteiger partial charge in [-0.15, -0.1) is 0 Å². The van der Waals surface area contributed by atoms with Crippen LogP contribution in [-0.2, 0) is 19.1 Å². The van der Waals surface area contributed by atoms with Crippen LogP contribution in [-0.4, -0.2) is 21.7 Å². The number of alkyl halides is 3. The van der Waals surface area contributed by atoms with Crippen LogP contribution in [0.2, 0.25) is 0 Å². The smallest absolute Gasteiger partial charge is 0.349 e. The molecule has 1 atom stereocenters. The molecule has 116 valence electrons. The molecule has 4 nitrogen and oxygen atoms in total. The number of fused-ring (bicyclic) bond motifs is 1. The molecule has 1 aromatic heterocycles. The van der Waals surface area contributed by atoms with Gasteiger partial charge in [-0.05, 0) is 24.6 Å². The average Bonchev–Trinajstić information content (AvgIpc) is 2.94. The van der Waals surface area contributed by atoms with E-state index in [0.717, 1.165) is 11.8 Å². The molecule has 1 aliphatic heterocycles. The van der Waals surface area contributed by atoms with Gasteiger partial charge in [0.05, 0.1) is 11.1 Å². The molecule has 0 saturated heterocycles. The number of benzene rings is 1. The third-order valence-corrected chi connectivity index (χ3v) is 3.76. The van der Waals surface area contributed by atoms with Crippen molar-refractivity contribution in [2.75, 3.05) is 0 Å². The first-order valence-electron chi connectivity index (χ1n) is 6.93. The largest absolute Gasteiger partial charge is 0.417 e. The molecule has 1 amide bonds. The van der Waals surface area contributed by atoms with Crippen molar-refractivity contribution in [3.05, 3.63) is 53.3 Å². The first-order chi connectivity index (χ1) is 10.4. The van der Waals surface area contributed by atoms with Gasteiger partial charge in [-0.2, -0.15) is 18.3 Å². The van der Waals surface area contributed by atoms with Crippen LogP contribution in [0.15, 0.2) is 36.5 Å². The summed E-state index contributed by atoms with van der Waals surface area (Å²) in [5.41, 5.74) is -0.275. The van der Waals surface area contributed by atoms with Gasteiger partial charge in [0.25, 0.3) is 5.91 Å². The minimum atomic E-state index is -4.54. The number of hydrogen-bond acceptors (Lipinski definition) is 2. The number of hydrogen-bond donors (Lipinski definition) is 1. The third kappa shape index (κ3) is 2.84. The molecule has 2 heterocycles. The van der Waals surface area contributed by atoms with Gasteiger partial charge in [0.1, 0.15) is 0 Å². The lowest BCUT2D eigenvalue weighted by Crippen LogP contribution is -2.40.